The molecule has 4 rings (SSSR count). The van der Waals surface area contributed by atoms with Gasteiger partial charge in [-0.2, -0.15) is 0 Å². The number of nitrogens with zero attached hydrogens (tertiary/aromatic N) is 1. The summed E-state index contributed by atoms with van der Waals surface area (Å²) >= 11 is 0. The Hall–Kier alpha value is -2.93. The fraction of sp³-hybridized carbons (Fsp3) is 0.382. The van der Waals surface area contributed by atoms with Crippen LogP contribution in [-0.4, -0.2) is 4.98 Å². The Bertz CT molecular complexity index is 988. The number of pyridine rings is 1. The third-order valence-electron chi connectivity index (χ3n) is 6.14. The zero-order valence-corrected chi connectivity index (χ0v) is 23.3. The molecule has 0 bridgehead atoms. The van der Waals surface area contributed by atoms with Gasteiger partial charge in [0.25, 0.3) is 0 Å². The van der Waals surface area contributed by atoms with Crippen LogP contribution >= 0.6 is 0 Å². The molecular formula is C34H47N. The van der Waals surface area contributed by atoms with Crippen LogP contribution in [0, 0.1) is 19.8 Å². The normalized spacial score (nSPS) is 11.9. The monoisotopic (exact) mass is 469 g/mol. The molecule has 0 unspecified atom stereocenters. The van der Waals surface area contributed by atoms with Crippen molar-refractivity contribution in [1.82, 2.24) is 4.98 Å². The van der Waals surface area contributed by atoms with E-state index in [0.29, 0.717) is 0 Å². The van der Waals surface area contributed by atoms with Crippen molar-refractivity contribution < 1.29 is 0 Å². The van der Waals surface area contributed by atoms with Crippen molar-refractivity contribution in [3.05, 3.63) is 108 Å². The van der Waals surface area contributed by atoms with Gasteiger partial charge < -0.3 is 0 Å². The molecule has 188 valence electrons. The predicted octanol–water partition coefficient (Wildman–Crippen LogP) is 10.4. The minimum atomic E-state index is 1.06. The number of benzene rings is 2. The molecule has 3 aromatic rings. The van der Waals surface area contributed by atoms with Gasteiger partial charge in [-0.25, -0.2) is 0 Å². The molecule has 0 saturated heterocycles. The van der Waals surface area contributed by atoms with Gasteiger partial charge in [-0.15, -0.1) is 6.58 Å². The van der Waals surface area contributed by atoms with E-state index >= 15 is 0 Å². The molecule has 35 heavy (non-hydrogen) atoms. The second-order valence-corrected chi connectivity index (χ2v) is 9.73. The van der Waals surface area contributed by atoms with E-state index in [9.17, 15) is 0 Å². The summed E-state index contributed by atoms with van der Waals surface area (Å²) in [7, 11) is 0. The third kappa shape index (κ3) is 12.9. The number of rotatable bonds is 4. The zero-order chi connectivity index (χ0) is 26.2. The standard InChI is InChI=1S/C16H16.C8H11N.2C5H10/c1-12(2)14-8-10-16(11-9-14)15-6-4-13(3)5-7-15;1-3-8-5-4-7(2)9-6-8;1-5-3-2-4-5;1-4-5(2)3/h4-11H,1H2,2-3H3;4-6H,3H2,1-2H3;5H,2-4H2,1H3;2,4H2,1,3H3. The smallest absolute Gasteiger partial charge is 0.0372 e. The van der Waals surface area contributed by atoms with Crippen molar-refractivity contribution in [2.75, 3.05) is 0 Å². The molecule has 0 spiro atoms. The van der Waals surface area contributed by atoms with E-state index in [2.05, 4.69) is 100 Å². The third-order valence-corrected chi connectivity index (χ3v) is 6.14. The lowest BCUT2D eigenvalue weighted by Gasteiger charge is -2.18. The Balaban J connectivity index is 0.000000270. The molecule has 1 nitrogen and oxygen atoms in total. The molecule has 1 aromatic heterocycles. The molecule has 1 aliphatic carbocycles. The molecule has 1 fully saturated rings. The lowest BCUT2D eigenvalue weighted by molar-refractivity contribution is 0.346. The summed E-state index contributed by atoms with van der Waals surface area (Å²) in [6, 6.07) is 21.3. The number of aryl methyl sites for hydroxylation is 3. The minimum absolute atomic E-state index is 1.06. The molecule has 1 heteroatoms. The number of allylic oxidation sites excluding steroid dienone is 2. The second-order valence-electron chi connectivity index (χ2n) is 9.73. The van der Waals surface area contributed by atoms with Gasteiger partial charge in [0.05, 0.1) is 0 Å². The van der Waals surface area contributed by atoms with Crippen molar-refractivity contribution in [3.8, 4) is 11.1 Å². The number of hydrogen-bond donors (Lipinski definition) is 0. The first-order valence-electron chi connectivity index (χ1n) is 13.0. The van der Waals surface area contributed by atoms with Crippen LogP contribution in [0.2, 0.25) is 0 Å². The quantitative estimate of drug-likeness (QED) is 0.346. The maximum atomic E-state index is 4.15. The Labute approximate surface area is 216 Å². The second kappa shape index (κ2) is 16.7. The SMILES string of the molecule is C=C(C)CC.C=C(C)c1ccc(-c2ccc(C)cc2)cc1.CC1CCC1.CCc1ccc(C)nc1. The average molecular weight is 470 g/mol. The fourth-order valence-corrected chi connectivity index (χ4v) is 3.01. The van der Waals surface area contributed by atoms with Crippen LogP contribution in [0.5, 0.6) is 0 Å². The van der Waals surface area contributed by atoms with Gasteiger partial charge >= 0.3 is 0 Å². The number of aromatic nitrogens is 1. The fourth-order valence-electron chi connectivity index (χ4n) is 3.01. The molecule has 0 aliphatic heterocycles. The van der Waals surface area contributed by atoms with E-state index in [0.717, 1.165) is 30.0 Å². The van der Waals surface area contributed by atoms with Crippen LogP contribution in [0.15, 0.2) is 85.6 Å². The Kier molecular flexibility index (Phi) is 14.3. The van der Waals surface area contributed by atoms with E-state index in [1.807, 2.05) is 33.0 Å². The average Bonchev–Trinajstić information content (AvgIpc) is 2.85. The summed E-state index contributed by atoms with van der Waals surface area (Å²) in [4.78, 5) is 4.15. The van der Waals surface area contributed by atoms with E-state index in [1.54, 1.807) is 0 Å². The van der Waals surface area contributed by atoms with Crippen LogP contribution in [0.25, 0.3) is 16.7 Å². The van der Waals surface area contributed by atoms with Crippen LogP contribution < -0.4 is 0 Å². The Morgan fingerprint density at radius 1 is 0.829 bits per heavy atom. The van der Waals surface area contributed by atoms with Crippen LogP contribution in [-0.2, 0) is 6.42 Å². The molecule has 0 amide bonds. The van der Waals surface area contributed by atoms with E-state index in [4.69, 9.17) is 0 Å². The van der Waals surface area contributed by atoms with Gasteiger partial charge in [-0.1, -0.05) is 118 Å². The van der Waals surface area contributed by atoms with Crippen LogP contribution in [0.4, 0.5) is 0 Å². The topological polar surface area (TPSA) is 12.9 Å². The highest BCUT2D eigenvalue weighted by atomic mass is 14.6. The molecule has 1 saturated carbocycles. The van der Waals surface area contributed by atoms with Gasteiger partial charge in [-0.3, -0.25) is 4.98 Å². The van der Waals surface area contributed by atoms with Gasteiger partial charge in [0, 0.05) is 11.9 Å². The first-order chi connectivity index (χ1) is 16.7. The summed E-state index contributed by atoms with van der Waals surface area (Å²) in [5.74, 6) is 1.06. The zero-order valence-electron chi connectivity index (χ0n) is 23.3. The van der Waals surface area contributed by atoms with Gasteiger partial charge in [0.15, 0.2) is 0 Å². The molecule has 2 aromatic carbocycles. The Morgan fingerprint density at radius 3 is 1.63 bits per heavy atom. The van der Waals surface area contributed by atoms with Crippen molar-refractivity contribution in [2.24, 2.45) is 5.92 Å². The highest BCUT2D eigenvalue weighted by Gasteiger charge is 2.09. The minimum Gasteiger partial charge on any atom is -0.261 e. The highest BCUT2D eigenvalue weighted by molar-refractivity contribution is 5.68. The van der Waals surface area contributed by atoms with E-state index in [1.165, 1.54) is 52.7 Å². The molecule has 0 N–H and O–H groups in total. The summed E-state index contributed by atoms with van der Waals surface area (Å²) in [6.45, 7) is 22.3. The van der Waals surface area contributed by atoms with Crippen molar-refractivity contribution in [3.63, 3.8) is 0 Å². The first kappa shape index (κ1) is 30.1. The molecule has 0 radical (unpaired) electrons. The maximum absolute atomic E-state index is 4.15. The van der Waals surface area contributed by atoms with Gasteiger partial charge in [-0.05, 0) is 74.8 Å². The highest BCUT2D eigenvalue weighted by Crippen LogP contribution is 2.24. The molecule has 1 aliphatic rings. The van der Waals surface area contributed by atoms with Gasteiger partial charge in [0.2, 0.25) is 0 Å². The molecular weight excluding hydrogens is 422 g/mol. The van der Waals surface area contributed by atoms with Crippen molar-refractivity contribution in [1.29, 1.82) is 0 Å². The lowest BCUT2D eigenvalue weighted by Crippen LogP contribution is -2.04. The number of hydrogen-bond acceptors (Lipinski definition) is 1. The first-order valence-corrected chi connectivity index (χ1v) is 13.0. The van der Waals surface area contributed by atoms with E-state index in [-0.39, 0.29) is 0 Å². The van der Waals surface area contributed by atoms with Gasteiger partial charge in [0.1, 0.15) is 0 Å². The summed E-state index contributed by atoms with van der Waals surface area (Å²) < 4.78 is 0. The summed E-state index contributed by atoms with van der Waals surface area (Å²) in [5.41, 5.74) is 9.77. The van der Waals surface area contributed by atoms with Crippen molar-refractivity contribution in [2.45, 2.75) is 80.6 Å². The maximum Gasteiger partial charge on any atom is 0.0372 e. The lowest BCUT2D eigenvalue weighted by atomic mass is 9.88. The Morgan fingerprint density at radius 2 is 1.31 bits per heavy atom. The van der Waals surface area contributed by atoms with Crippen LogP contribution in [0.1, 0.15) is 82.7 Å². The summed E-state index contributed by atoms with van der Waals surface area (Å²) in [6.07, 6.45) is 8.57. The van der Waals surface area contributed by atoms with Crippen molar-refractivity contribution >= 4 is 5.57 Å². The summed E-state index contributed by atoms with van der Waals surface area (Å²) in [5, 5.41) is 0. The molecule has 1 heterocycles. The molecule has 0 atom stereocenters. The predicted molar refractivity (Wildman–Crippen MR) is 158 cm³/mol. The largest absolute Gasteiger partial charge is 0.261 e. The van der Waals surface area contributed by atoms with E-state index < -0.39 is 0 Å². The van der Waals surface area contributed by atoms with Crippen LogP contribution in [0.3, 0.4) is 0 Å².